The lowest BCUT2D eigenvalue weighted by molar-refractivity contribution is 0.131. The molecule has 2 aromatic heterocycles. The molecule has 2 N–H and O–H groups in total. The quantitative estimate of drug-likeness (QED) is 0.518. The number of anilines is 1. The number of sulfonamides is 1. The first kappa shape index (κ1) is 23.4. The molecule has 9 nitrogen and oxygen atoms in total. The third-order valence-corrected chi connectivity index (χ3v) is 8.86. The van der Waals surface area contributed by atoms with Crippen LogP contribution in [0, 0.1) is 0 Å². The predicted molar refractivity (Wildman–Crippen MR) is 123 cm³/mol. The van der Waals surface area contributed by atoms with Crippen LogP contribution in [0.2, 0.25) is 0 Å². The number of aliphatic hydroxyl groups excluding tert-OH is 1. The Morgan fingerprint density at radius 2 is 2.03 bits per heavy atom. The monoisotopic (exact) mass is 510 g/mol. The van der Waals surface area contributed by atoms with Gasteiger partial charge >= 0.3 is 0 Å². The number of nitrogens with zero attached hydrogens (tertiary/aromatic N) is 5. The molecule has 2 atom stereocenters. The predicted octanol–water partition coefficient (Wildman–Crippen LogP) is 3.27. The Morgan fingerprint density at radius 1 is 1.26 bits per heavy atom. The summed E-state index contributed by atoms with van der Waals surface area (Å²) in [4.78, 5) is 11.3. The Hall–Kier alpha value is -2.35. The average Bonchev–Trinajstić information content (AvgIpc) is 3.28. The van der Waals surface area contributed by atoms with Gasteiger partial charge in [0.25, 0.3) is 6.43 Å². The van der Waals surface area contributed by atoms with Crippen molar-refractivity contribution in [2.45, 2.75) is 68.5 Å². The van der Waals surface area contributed by atoms with Crippen LogP contribution in [0.25, 0.3) is 21.6 Å². The number of aliphatic hydroxyl groups is 1. The number of benzene rings is 1. The van der Waals surface area contributed by atoms with E-state index >= 15 is 0 Å². The van der Waals surface area contributed by atoms with Crippen molar-refractivity contribution in [3.63, 3.8) is 0 Å². The standard InChI is InChI=1S/C21H24F2N6O3S2/c1-11-9-12(30)5-8-29(11)20-24-15-4-3-13(34(31,32)28-21(2)6-7-21)10-14(15)16(25-20)18-26-27-19(33-18)17(22)23/h3-4,10-12,17,28,30H,5-9H2,1-2H3/t11-,12+/m1/s1. The summed E-state index contributed by atoms with van der Waals surface area (Å²) in [5, 5.41) is 17.6. The topological polar surface area (TPSA) is 121 Å². The second kappa shape index (κ2) is 8.40. The maximum Gasteiger partial charge on any atom is 0.291 e. The molecule has 1 saturated carbocycles. The lowest BCUT2D eigenvalue weighted by Crippen LogP contribution is -2.43. The zero-order valence-corrected chi connectivity index (χ0v) is 20.2. The molecule has 5 rings (SSSR count). The van der Waals surface area contributed by atoms with Crippen LogP contribution in [0.4, 0.5) is 14.7 Å². The van der Waals surface area contributed by atoms with Gasteiger partial charge in [-0.25, -0.2) is 31.9 Å². The third-order valence-electron chi connectivity index (χ3n) is 6.28. The molecule has 0 amide bonds. The van der Waals surface area contributed by atoms with Gasteiger partial charge in [-0.15, -0.1) is 10.2 Å². The van der Waals surface area contributed by atoms with Gasteiger partial charge in [-0.2, -0.15) is 0 Å². The molecular formula is C21H24F2N6O3S2. The fourth-order valence-electron chi connectivity index (χ4n) is 4.09. The summed E-state index contributed by atoms with van der Waals surface area (Å²) in [5.41, 5.74) is 0.262. The van der Waals surface area contributed by atoms with Gasteiger partial charge in [-0.3, -0.25) is 0 Å². The maximum atomic E-state index is 13.2. The van der Waals surface area contributed by atoms with Crippen molar-refractivity contribution >= 4 is 38.2 Å². The number of hydrogen-bond donors (Lipinski definition) is 2. The molecule has 3 aromatic rings. The fourth-order valence-corrected chi connectivity index (χ4v) is 6.28. The Kier molecular flexibility index (Phi) is 5.78. The van der Waals surface area contributed by atoms with Crippen molar-refractivity contribution in [1.82, 2.24) is 24.9 Å². The molecular weight excluding hydrogens is 486 g/mol. The van der Waals surface area contributed by atoms with E-state index in [9.17, 15) is 22.3 Å². The van der Waals surface area contributed by atoms with Crippen molar-refractivity contribution in [2.75, 3.05) is 11.4 Å². The van der Waals surface area contributed by atoms with Crippen LogP contribution < -0.4 is 9.62 Å². The van der Waals surface area contributed by atoms with Crippen molar-refractivity contribution in [3.8, 4) is 10.7 Å². The van der Waals surface area contributed by atoms with Gasteiger partial charge in [0.15, 0.2) is 10.0 Å². The summed E-state index contributed by atoms with van der Waals surface area (Å²) in [5.74, 6) is 0.370. The van der Waals surface area contributed by atoms with E-state index in [1.165, 1.54) is 12.1 Å². The molecule has 1 aliphatic carbocycles. The largest absolute Gasteiger partial charge is 0.393 e. The number of rotatable bonds is 6. The normalized spacial score (nSPS) is 22.5. The highest BCUT2D eigenvalue weighted by molar-refractivity contribution is 7.89. The van der Waals surface area contributed by atoms with Gasteiger partial charge in [0, 0.05) is 23.5 Å². The first-order valence-electron chi connectivity index (χ1n) is 11.0. The van der Waals surface area contributed by atoms with Crippen LogP contribution >= 0.6 is 11.3 Å². The van der Waals surface area contributed by atoms with Gasteiger partial charge in [0.05, 0.1) is 16.5 Å². The molecule has 0 spiro atoms. The van der Waals surface area contributed by atoms with Crippen LogP contribution in [-0.2, 0) is 10.0 Å². The number of piperidine rings is 1. The molecule has 2 aliphatic rings. The average molecular weight is 511 g/mol. The minimum Gasteiger partial charge on any atom is -0.393 e. The molecule has 3 heterocycles. The summed E-state index contributed by atoms with van der Waals surface area (Å²) in [6.45, 7) is 4.33. The lowest BCUT2D eigenvalue weighted by Gasteiger charge is -2.36. The van der Waals surface area contributed by atoms with E-state index in [1.807, 2.05) is 18.7 Å². The van der Waals surface area contributed by atoms with Crippen molar-refractivity contribution < 1.29 is 22.3 Å². The minimum absolute atomic E-state index is 0.0387. The summed E-state index contributed by atoms with van der Waals surface area (Å²) in [7, 11) is -3.80. The molecule has 0 radical (unpaired) electrons. The summed E-state index contributed by atoms with van der Waals surface area (Å²) in [6, 6.07) is 4.48. The highest BCUT2D eigenvalue weighted by Gasteiger charge is 2.41. The molecule has 182 valence electrons. The minimum atomic E-state index is -3.80. The molecule has 0 unspecified atom stereocenters. The number of nitrogens with one attached hydrogen (secondary N) is 1. The van der Waals surface area contributed by atoms with E-state index in [2.05, 4.69) is 24.9 Å². The molecule has 0 bridgehead atoms. The zero-order valence-electron chi connectivity index (χ0n) is 18.6. The number of halogens is 2. The Bertz CT molecular complexity index is 1350. The van der Waals surface area contributed by atoms with E-state index < -0.39 is 33.1 Å². The summed E-state index contributed by atoms with van der Waals surface area (Å²) >= 11 is 0.713. The maximum absolute atomic E-state index is 13.2. The fraction of sp³-hybridized carbons (Fsp3) is 0.524. The van der Waals surface area contributed by atoms with Crippen LogP contribution in [0.5, 0.6) is 0 Å². The number of alkyl halides is 2. The van der Waals surface area contributed by atoms with Crippen LogP contribution in [0.3, 0.4) is 0 Å². The van der Waals surface area contributed by atoms with Crippen LogP contribution in [0.1, 0.15) is 51.0 Å². The molecule has 1 aromatic carbocycles. The molecule has 34 heavy (non-hydrogen) atoms. The van der Waals surface area contributed by atoms with Gasteiger partial charge in [-0.1, -0.05) is 11.3 Å². The number of fused-ring (bicyclic) bond motifs is 1. The Balaban J connectivity index is 1.64. The van der Waals surface area contributed by atoms with E-state index in [4.69, 9.17) is 0 Å². The van der Waals surface area contributed by atoms with Gasteiger partial charge in [0.2, 0.25) is 16.0 Å². The number of hydrogen-bond acceptors (Lipinski definition) is 9. The first-order chi connectivity index (χ1) is 16.0. The molecule has 1 aliphatic heterocycles. The van der Waals surface area contributed by atoms with Crippen molar-refractivity contribution in [2.24, 2.45) is 0 Å². The number of aromatic nitrogens is 4. The molecule has 1 saturated heterocycles. The lowest BCUT2D eigenvalue weighted by atomic mass is 10.0. The Labute approximate surface area is 199 Å². The van der Waals surface area contributed by atoms with Crippen molar-refractivity contribution in [3.05, 3.63) is 23.2 Å². The van der Waals surface area contributed by atoms with E-state index in [0.717, 1.165) is 12.8 Å². The smallest absolute Gasteiger partial charge is 0.291 e. The highest BCUT2D eigenvalue weighted by Crippen LogP contribution is 2.38. The summed E-state index contributed by atoms with van der Waals surface area (Å²) in [6.07, 6.45) is -0.551. The van der Waals surface area contributed by atoms with Gasteiger partial charge < -0.3 is 10.0 Å². The SMILES string of the molecule is C[C@@H]1C[C@@H](O)CCN1c1nc(-c2nnc(C(F)F)s2)c2cc(S(=O)(=O)NC3(C)CC3)ccc2n1. The molecule has 2 fully saturated rings. The van der Waals surface area contributed by atoms with Crippen LogP contribution in [0.15, 0.2) is 23.1 Å². The highest BCUT2D eigenvalue weighted by atomic mass is 32.2. The zero-order chi connectivity index (χ0) is 24.3. The first-order valence-corrected chi connectivity index (χ1v) is 13.3. The van der Waals surface area contributed by atoms with Gasteiger partial charge in [-0.05, 0) is 57.7 Å². The third kappa shape index (κ3) is 4.49. The van der Waals surface area contributed by atoms with E-state index in [-0.39, 0.29) is 21.6 Å². The summed E-state index contributed by atoms with van der Waals surface area (Å²) < 4.78 is 55.0. The second-order valence-electron chi connectivity index (χ2n) is 9.18. The second-order valence-corrected chi connectivity index (χ2v) is 11.9. The van der Waals surface area contributed by atoms with Gasteiger partial charge in [0.1, 0.15) is 5.69 Å². The van der Waals surface area contributed by atoms with Crippen molar-refractivity contribution in [1.29, 1.82) is 0 Å². The van der Waals surface area contributed by atoms with Crippen LogP contribution in [-0.4, -0.2) is 57.9 Å². The molecule has 13 heteroatoms. The van der Waals surface area contributed by atoms with E-state index in [0.29, 0.717) is 47.6 Å². The Morgan fingerprint density at radius 3 is 2.68 bits per heavy atom. The van der Waals surface area contributed by atoms with E-state index in [1.54, 1.807) is 6.07 Å².